The van der Waals surface area contributed by atoms with E-state index in [1.165, 1.54) is 6.42 Å². The van der Waals surface area contributed by atoms with Crippen LogP contribution >= 0.6 is 0 Å². The third-order valence-electron chi connectivity index (χ3n) is 3.05. The molecule has 0 heterocycles. The SMILES string of the molecule is CCCC(C)(C)OOOC(=O)CCCCCC(C)(C)C. The quantitative estimate of drug-likeness (QED) is 0.323. The van der Waals surface area contributed by atoms with Crippen molar-refractivity contribution in [3.8, 4) is 0 Å². The lowest BCUT2D eigenvalue weighted by Crippen LogP contribution is -2.25. The van der Waals surface area contributed by atoms with Gasteiger partial charge in [-0.25, -0.2) is 4.79 Å². The first kappa shape index (κ1) is 19.4. The van der Waals surface area contributed by atoms with Crippen LogP contribution in [0, 0.1) is 5.41 Å². The molecular weight excluding hydrogens is 256 g/mol. The molecule has 0 spiro atoms. The summed E-state index contributed by atoms with van der Waals surface area (Å²) in [6.45, 7) is 12.5. The summed E-state index contributed by atoms with van der Waals surface area (Å²) >= 11 is 0. The molecule has 4 nitrogen and oxygen atoms in total. The van der Waals surface area contributed by atoms with E-state index in [9.17, 15) is 4.79 Å². The molecule has 0 aromatic carbocycles. The maximum absolute atomic E-state index is 11.4. The monoisotopic (exact) mass is 288 g/mol. The van der Waals surface area contributed by atoms with Gasteiger partial charge in [0.05, 0.1) is 0 Å². The first-order chi connectivity index (χ1) is 9.16. The van der Waals surface area contributed by atoms with Crippen molar-refractivity contribution in [2.24, 2.45) is 5.41 Å². The number of carbonyl (C=O) groups excluding carboxylic acids is 1. The average Bonchev–Trinajstić information content (AvgIpc) is 2.26. The largest absolute Gasteiger partial charge is 0.345 e. The van der Waals surface area contributed by atoms with Gasteiger partial charge in [-0.15, -0.1) is 0 Å². The van der Waals surface area contributed by atoms with Crippen molar-refractivity contribution in [3.05, 3.63) is 0 Å². The molecule has 0 fully saturated rings. The third kappa shape index (κ3) is 12.4. The summed E-state index contributed by atoms with van der Waals surface area (Å²) < 4.78 is 0. The number of rotatable bonds is 10. The van der Waals surface area contributed by atoms with Crippen LogP contribution in [0.15, 0.2) is 0 Å². The summed E-state index contributed by atoms with van der Waals surface area (Å²) in [5, 5.41) is 4.57. The molecule has 0 bridgehead atoms. The van der Waals surface area contributed by atoms with Crippen molar-refractivity contribution < 1.29 is 19.6 Å². The summed E-state index contributed by atoms with van der Waals surface area (Å²) in [5.41, 5.74) is -0.0654. The molecule has 0 aromatic rings. The average molecular weight is 288 g/mol. The fourth-order valence-electron chi connectivity index (χ4n) is 1.93. The molecule has 0 saturated carbocycles. The Hall–Kier alpha value is -0.610. The molecule has 0 N–H and O–H groups in total. The smallest absolute Gasteiger partial charge is 0.269 e. The van der Waals surface area contributed by atoms with Gasteiger partial charge in [-0.2, -0.15) is 4.89 Å². The van der Waals surface area contributed by atoms with Crippen LogP contribution < -0.4 is 0 Å². The van der Waals surface area contributed by atoms with Gasteiger partial charge in [0.25, 0.3) is 0 Å². The molecule has 0 atom stereocenters. The predicted octanol–water partition coefficient (Wildman–Crippen LogP) is 4.97. The Labute approximate surface area is 124 Å². The Morgan fingerprint density at radius 3 is 2.15 bits per heavy atom. The molecule has 0 rings (SSSR count). The van der Waals surface area contributed by atoms with Crippen LogP contribution in [-0.2, 0) is 19.6 Å². The summed E-state index contributed by atoms with van der Waals surface area (Å²) in [4.78, 5) is 21.1. The van der Waals surface area contributed by atoms with Gasteiger partial charge in [-0.3, -0.25) is 4.89 Å². The van der Waals surface area contributed by atoms with Crippen LogP contribution in [0.3, 0.4) is 0 Å². The highest BCUT2D eigenvalue weighted by Gasteiger charge is 2.20. The zero-order chi connectivity index (χ0) is 15.6. The molecular formula is C16H32O4. The second kappa shape index (κ2) is 9.35. The van der Waals surface area contributed by atoms with E-state index in [0.29, 0.717) is 11.8 Å². The van der Waals surface area contributed by atoms with Gasteiger partial charge in [-0.05, 0) is 43.6 Å². The lowest BCUT2D eigenvalue weighted by atomic mass is 9.89. The molecule has 0 aliphatic rings. The Balaban J connectivity index is 3.55. The summed E-state index contributed by atoms with van der Waals surface area (Å²) in [7, 11) is 0. The van der Waals surface area contributed by atoms with Crippen LogP contribution in [0.2, 0.25) is 0 Å². The zero-order valence-corrected chi connectivity index (χ0v) is 14.1. The van der Waals surface area contributed by atoms with E-state index in [1.807, 2.05) is 13.8 Å². The standard InChI is InChI=1S/C16H32O4/c1-7-12-16(5,6)19-20-18-14(17)11-9-8-10-13-15(2,3)4/h7-13H2,1-6H3. The molecule has 0 aromatic heterocycles. The molecule has 0 amide bonds. The van der Waals surface area contributed by atoms with Crippen LogP contribution in [0.5, 0.6) is 0 Å². The van der Waals surface area contributed by atoms with Gasteiger partial charge in [0, 0.05) is 6.42 Å². The van der Waals surface area contributed by atoms with Crippen molar-refractivity contribution in [1.29, 1.82) is 0 Å². The Morgan fingerprint density at radius 1 is 0.950 bits per heavy atom. The minimum Gasteiger partial charge on any atom is -0.269 e. The fourth-order valence-corrected chi connectivity index (χ4v) is 1.93. The first-order valence-electron chi connectivity index (χ1n) is 7.71. The van der Waals surface area contributed by atoms with Crippen molar-refractivity contribution in [2.45, 2.75) is 92.1 Å². The molecule has 0 radical (unpaired) electrons. The van der Waals surface area contributed by atoms with E-state index in [0.717, 1.165) is 32.1 Å². The Kier molecular flexibility index (Phi) is 9.06. The molecule has 4 heteroatoms. The maximum atomic E-state index is 11.4. The topological polar surface area (TPSA) is 44.8 Å². The second-order valence-corrected chi connectivity index (χ2v) is 7.24. The Morgan fingerprint density at radius 2 is 1.60 bits per heavy atom. The van der Waals surface area contributed by atoms with E-state index >= 15 is 0 Å². The van der Waals surface area contributed by atoms with Gasteiger partial charge in [0.2, 0.25) is 0 Å². The maximum Gasteiger partial charge on any atom is 0.345 e. The molecule has 0 aliphatic carbocycles. The first-order valence-corrected chi connectivity index (χ1v) is 7.71. The van der Waals surface area contributed by atoms with Gasteiger partial charge < -0.3 is 0 Å². The molecule has 0 saturated heterocycles. The number of unbranched alkanes of at least 4 members (excludes halogenated alkanes) is 2. The molecule has 0 aliphatic heterocycles. The van der Waals surface area contributed by atoms with E-state index in [4.69, 9.17) is 4.89 Å². The molecule has 20 heavy (non-hydrogen) atoms. The highest BCUT2D eigenvalue weighted by Crippen LogP contribution is 2.22. The summed E-state index contributed by atoms with van der Waals surface area (Å²) in [5.74, 6) is -0.368. The van der Waals surface area contributed by atoms with Crippen LogP contribution in [0.25, 0.3) is 0 Å². The molecule has 120 valence electrons. The Bertz CT molecular complexity index is 266. The van der Waals surface area contributed by atoms with Gasteiger partial charge in [-0.1, -0.05) is 47.0 Å². The van der Waals surface area contributed by atoms with E-state index in [1.54, 1.807) is 0 Å². The third-order valence-corrected chi connectivity index (χ3v) is 3.05. The van der Waals surface area contributed by atoms with Gasteiger partial charge in [0.1, 0.15) is 5.60 Å². The van der Waals surface area contributed by atoms with Crippen LogP contribution in [0.1, 0.15) is 86.5 Å². The summed E-state index contributed by atoms with van der Waals surface area (Å²) in [6.07, 6.45) is 6.38. The number of hydrogen-bond acceptors (Lipinski definition) is 4. The van der Waals surface area contributed by atoms with Crippen LogP contribution in [-0.4, -0.2) is 11.6 Å². The minimum atomic E-state index is -0.429. The number of carbonyl (C=O) groups is 1. The lowest BCUT2D eigenvalue weighted by molar-refractivity contribution is -0.517. The second-order valence-electron chi connectivity index (χ2n) is 7.24. The van der Waals surface area contributed by atoms with E-state index in [-0.39, 0.29) is 5.97 Å². The number of hydrogen-bond donors (Lipinski definition) is 0. The predicted molar refractivity (Wildman–Crippen MR) is 79.8 cm³/mol. The highest BCUT2D eigenvalue weighted by molar-refractivity contribution is 5.68. The van der Waals surface area contributed by atoms with Crippen molar-refractivity contribution in [1.82, 2.24) is 0 Å². The summed E-state index contributed by atoms with van der Waals surface area (Å²) in [6, 6.07) is 0. The van der Waals surface area contributed by atoms with Gasteiger partial charge in [0.15, 0.2) is 0 Å². The normalized spacial score (nSPS) is 12.5. The van der Waals surface area contributed by atoms with E-state index < -0.39 is 5.60 Å². The zero-order valence-electron chi connectivity index (χ0n) is 14.1. The van der Waals surface area contributed by atoms with Gasteiger partial charge >= 0.3 is 5.97 Å². The minimum absolute atomic E-state index is 0.363. The lowest BCUT2D eigenvalue weighted by Gasteiger charge is -2.20. The van der Waals surface area contributed by atoms with Crippen molar-refractivity contribution in [3.63, 3.8) is 0 Å². The van der Waals surface area contributed by atoms with Crippen LogP contribution in [0.4, 0.5) is 0 Å². The van der Waals surface area contributed by atoms with Crippen molar-refractivity contribution >= 4 is 5.97 Å². The van der Waals surface area contributed by atoms with Crippen molar-refractivity contribution in [2.75, 3.05) is 0 Å². The van der Waals surface area contributed by atoms with E-state index in [2.05, 4.69) is 37.6 Å². The molecule has 0 unspecified atom stereocenters. The fraction of sp³-hybridized carbons (Fsp3) is 0.938. The highest BCUT2D eigenvalue weighted by atomic mass is 17.5.